The van der Waals surface area contributed by atoms with Crippen LogP contribution in [0.5, 0.6) is 5.75 Å². The van der Waals surface area contributed by atoms with E-state index in [0.29, 0.717) is 0 Å². The van der Waals surface area contributed by atoms with Crippen molar-refractivity contribution in [3.63, 3.8) is 0 Å². The van der Waals surface area contributed by atoms with E-state index in [9.17, 15) is 4.79 Å². The first-order valence-electron chi connectivity index (χ1n) is 9.40. The number of aryl methyl sites for hydroxylation is 1. The van der Waals surface area contributed by atoms with E-state index >= 15 is 0 Å². The van der Waals surface area contributed by atoms with Gasteiger partial charge in [-0.3, -0.25) is 14.3 Å². The van der Waals surface area contributed by atoms with Crippen LogP contribution >= 0.6 is 0 Å². The molecule has 0 radical (unpaired) electrons. The normalized spacial score (nSPS) is 16.0. The van der Waals surface area contributed by atoms with Crippen LogP contribution in [0.2, 0.25) is 0 Å². The summed E-state index contributed by atoms with van der Waals surface area (Å²) in [7, 11) is 1.71. The number of para-hydroxylation sites is 1. The molecule has 27 heavy (non-hydrogen) atoms. The molecule has 0 bridgehead atoms. The Bertz CT molecular complexity index is 982. The first kappa shape index (κ1) is 17.5. The Hall–Kier alpha value is -2.95. The molecule has 1 unspecified atom stereocenters. The van der Waals surface area contributed by atoms with Crippen molar-refractivity contribution in [2.24, 2.45) is 0 Å². The first-order valence-corrected chi connectivity index (χ1v) is 9.40. The molecule has 4 rings (SSSR count). The third-order valence-electron chi connectivity index (χ3n) is 5.27. The molecule has 1 atom stereocenters. The van der Waals surface area contributed by atoms with E-state index in [2.05, 4.69) is 11.1 Å². The molecule has 5 heteroatoms. The van der Waals surface area contributed by atoms with Gasteiger partial charge in [-0.15, -0.1) is 0 Å². The van der Waals surface area contributed by atoms with Gasteiger partial charge in [-0.1, -0.05) is 18.2 Å². The lowest BCUT2D eigenvalue weighted by Crippen LogP contribution is -2.30. The number of pyridine rings is 1. The number of rotatable bonds is 5. The fourth-order valence-electron chi connectivity index (χ4n) is 3.87. The Labute approximate surface area is 158 Å². The van der Waals surface area contributed by atoms with Crippen molar-refractivity contribution in [2.45, 2.75) is 38.1 Å². The molecule has 5 nitrogen and oxygen atoms in total. The quantitative estimate of drug-likeness (QED) is 0.693. The van der Waals surface area contributed by atoms with Gasteiger partial charge in [0.25, 0.3) is 5.56 Å². The van der Waals surface area contributed by atoms with Crippen molar-refractivity contribution >= 4 is 0 Å². The summed E-state index contributed by atoms with van der Waals surface area (Å²) in [6.45, 7) is 0.753. The predicted molar refractivity (Wildman–Crippen MR) is 105 cm³/mol. The third kappa shape index (κ3) is 3.63. The lowest BCUT2D eigenvalue weighted by Gasteiger charge is -2.26. The summed E-state index contributed by atoms with van der Waals surface area (Å²) in [6.07, 6.45) is 7.39. The number of fused-ring (bicyclic) bond motifs is 1. The summed E-state index contributed by atoms with van der Waals surface area (Å²) in [5, 5.41) is 0. The molecule has 138 valence electrons. The molecule has 0 aliphatic carbocycles. The molecule has 0 N–H and O–H groups in total. The van der Waals surface area contributed by atoms with Crippen LogP contribution in [-0.4, -0.2) is 21.6 Å². The van der Waals surface area contributed by atoms with Gasteiger partial charge in [-0.25, -0.2) is 4.98 Å². The molecule has 0 saturated heterocycles. The maximum Gasteiger partial charge on any atom is 0.254 e. The van der Waals surface area contributed by atoms with E-state index in [1.54, 1.807) is 25.6 Å². The molecular formula is C22H23N3O2. The average Bonchev–Trinajstić information content (AvgIpc) is 2.73. The van der Waals surface area contributed by atoms with Gasteiger partial charge in [0.05, 0.1) is 12.8 Å². The number of nitrogens with zero attached hydrogens (tertiary/aromatic N) is 3. The van der Waals surface area contributed by atoms with Gasteiger partial charge in [-0.05, 0) is 49.4 Å². The van der Waals surface area contributed by atoms with Crippen LogP contribution in [0.25, 0.3) is 11.3 Å². The van der Waals surface area contributed by atoms with Crippen molar-refractivity contribution in [1.82, 2.24) is 14.5 Å². The van der Waals surface area contributed by atoms with Gasteiger partial charge >= 0.3 is 0 Å². The van der Waals surface area contributed by atoms with Crippen molar-refractivity contribution in [1.29, 1.82) is 0 Å². The smallest absolute Gasteiger partial charge is 0.254 e. The van der Waals surface area contributed by atoms with Crippen molar-refractivity contribution in [3.8, 4) is 17.0 Å². The van der Waals surface area contributed by atoms with E-state index in [1.807, 2.05) is 34.9 Å². The SMILES string of the molecule is COc1ccccc1CCC1CCCn2c1nc(-c1ccncc1)cc2=O. The second-order valence-electron chi connectivity index (χ2n) is 6.92. The average molecular weight is 361 g/mol. The highest BCUT2D eigenvalue weighted by Crippen LogP contribution is 2.31. The van der Waals surface area contributed by atoms with Gasteiger partial charge < -0.3 is 4.74 Å². The molecule has 1 aliphatic heterocycles. The predicted octanol–water partition coefficient (Wildman–Crippen LogP) is 3.82. The van der Waals surface area contributed by atoms with Gasteiger partial charge in [0.1, 0.15) is 11.6 Å². The zero-order valence-corrected chi connectivity index (χ0v) is 15.5. The van der Waals surface area contributed by atoms with Crippen molar-refractivity contribution < 1.29 is 4.74 Å². The maximum atomic E-state index is 12.7. The molecule has 0 spiro atoms. The van der Waals surface area contributed by atoms with Gasteiger partial charge in [0, 0.05) is 36.5 Å². The van der Waals surface area contributed by atoms with E-state index < -0.39 is 0 Å². The van der Waals surface area contributed by atoms with Crippen LogP contribution in [0, 0.1) is 0 Å². The maximum absolute atomic E-state index is 12.7. The van der Waals surface area contributed by atoms with Crippen LogP contribution in [0.15, 0.2) is 59.7 Å². The highest BCUT2D eigenvalue weighted by molar-refractivity contribution is 5.57. The molecule has 0 fully saturated rings. The standard InChI is InChI=1S/C22H23N3O2/c1-27-20-7-3-2-5-17(20)8-9-18-6-4-14-25-21(26)15-19(24-22(18)25)16-10-12-23-13-11-16/h2-3,5,7,10-13,15,18H,4,6,8-9,14H2,1H3. The summed E-state index contributed by atoms with van der Waals surface area (Å²) in [6, 6.07) is 13.6. The Morgan fingerprint density at radius 3 is 2.81 bits per heavy atom. The largest absolute Gasteiger partial charge is 0.496 e. The van der Waals surface area contributed by atoms with Crippen LogP contribution < -0.4 is 10.3 Å². The van der Waals surface area contributed by atoms with Crippen molar-refractivity contribution in [2.75, 3.05) is 7.11 Å². The summed E-state index contributed by atoms with van der Waals surface area (Å²) in [5.74, 6) is 2.11. The Morgan fingerprint density at radius 1 is 1.19 bits per heavy atom. The number of hydrogen-bond acceptors (Lipinski definition) is 4. The van der Waals surface area contributed by atoms with E-state index in [-0.39, 0.29) is 11.5 Å². The van der Waals surface area contributed by atoms with E-state index in [4.69, 9.17) is 9.72 Å². The lowest BCUT2D eigenvalue weighted by atomic mass is 9.91. The molecule has 1 aromatic carbocycles. The molecule has 0 saturated carbocycles. The third-order valence-corrected chi connectivity index (χ3v) is 5.27. The Kier molecular flexibility index (Phi) is 5.01. The lowest BCUT2D eigenvalue weighted by molar-refractivity contribution is 0.395. The minimum absolute atomic E-state index is 0.0359. The molecule has 0 amide bonds. The zero-order chi connectivity index (χ0) is 18.6. The van der Waals surface area contributed by atoms with Gasteiger partial charge in [-0.2, -0.15) is 0 Å². The molecule has 3 aromatic rings. The number of aromatic nitrogens is 3. The highest BCUT2D eigenvalue weighted by Gasteiger charge is 2.24. The topological polar surface area (TPSA) is 57.0 Å². The Balaban J connectivity index is 1.64. The first-order chi connectivity index (χ1) is 13.3. The molecule has 1 aliphatic rings. The molecule has 3 heterocycles. The fourth-order valence-corrected chi connectivity index (χ4v) is 3.87. The van der Waals surface area contributed by atoms with Crippen LogP contribution in [0.3, 0.4) is 0 Å². The summed E-state index contributed by atoms with van der Waals surface area (Å²) >= 11 is 0. The number of benzene rings is 1. The monoisotopic (exact) mass is 361 g/mol. The number of hydrogen-bond donors (Lipinski definition) is 0. The summed E-state index contributed by atoms with van der Waals surface area (Å²) in [5.41, 5.74) is 2.90. The van der Waals surface area contributed by atoms with Crippen LogP contribution in [-0.2, 0) is 13.0 Å². The van der Waals surface area contributed by atoms with E-state index in [0.717, 1.165) is 55.1 Å². The summed E-state index contributed by atoms with van der Waals surface area (Å²) in [4.78, 5) is 21.6. The van der Waals surface area contributed by atoms with E-state index in [1.165, 1.54) is 5.56 Å². The number of ether oxygens (including phenoxy) is 1. The minimum Gasteiger partial charge on any atom is -0.496 e. The zero-order valence-electron chi connectivity index (χ0n) is 15.5. The highest BCUT2D eigenvalue weighted by atomic mass is 16.5. The van der Waals surface area contributed by atoms with Crippen LogP contribution in [0.1, 0.15) is 36.6 Å². The summed E-state index contributed by atoms with van der Waals surface area (Å²) < 4.78 is 7.32. The van der Waals surface area contributed by atoms with Gasteiger partial charge in [0.15, 0.2) is 0 Å². The second kappa shape index (κ2) is 7.74. The Morgan fingerprint density at radius 2 is 2.00 bits per heavy atom. The minimum atomic E-state index is 0.0359. The molecule has 2 aromatic heterocycles. The fraction of sp³-hybridized carbons (Fsp3) is 0.318. The second-order valence-corrected chi connectivity index (χ2v) is 6.92. The molecular weight excluding hydrogens is 338 g/mol. The van der Waals surface area contributed by atoms with Crippen LogP contribution in [0.4, 0.5) is 0 Å². The number of methoxy groups -OCH3 is 1. The van der Waals surface area contributed by atoms with Gasteiger partial charge in [0.2, 0.25) is 0 Å². The van der Waals surface area contributed by atoms with Crippen molar-refractivity contribution in [3.05, 3.63) is 76.6 Å².